The van der Waals surface area contributed by atoms with Crippen LogP contribution in [-0.2, 0) is 32.3 Å². The van der Waals surface area contributed by atoms with Crippen molar-refractivity contribution in [3.63, 3.8) is 0 Å². The lowest BCUT2D eigenvalue weighted by Gasteiger charge is -2.47. The van der Waals surface area contributed by atoms with E-state index in [-0.39, 0.29) is 25.5 Å². The lowest BCUT2D eigenvalue weighted by Crippen LogP contribution is -2.65. The number of hydrogen-bond donors (Lipinski definition) is 4. The van der Waals surface area contributed by atoms with Crippen LogP contribution in [0.1, 0.15) is 73.4 Å². The molecule has 0 radical (unpaired) electrons. The van der Waals surface area contributed by atoms with Gasteiger partial charge in [0.2, 0.25) is 17.6 Å². The van der Waals surface area contributed by atoms with Gasteiger partial charge in [0, 0.05) is 30.8 Å². The van der Waals surface area contributed by atoms with Crippen molar-refractivity contribution in [2.75, 3.05) is 6.54 Å². The largest absolute Gasteiger partial charge is 0.366 e. The highest BCUT2D eigenvalue weighted by Gasteiger charge is 2.51. The van der Waals surface area contributed by atoms with Crippen LogP contribution < -0.4 is 21.7 Å². The molecule has 1 aliphatic heterocycles. The first-order chi connectivity index (χ1) is 20.1. The number of carbonyl (C=O) groups is 6. The number of aldehydes is 1. The second-order valence-corrected chi connectivity index (χ2v) is 12.3. The Morgan fingerprint density at radius 3 is 2.16 bits per heavy atom. The lowest BCUT2D eigenvalue weighted by atomic mass is 9.73. The van der Waals surface area contributed by atoms with Crippen molar-refractivity contribution in [1.29, 1.82) is 0 Å². The Labute approximate surface area is 251 Å². The van der Waals surface area contributed by atoms with Crippen LogP contribution in [0, 0.1) is 11.3 Å². The van der Waals surface area contributed by atoms with Crippen LogP contribution in [0.4, 0.5) is 0 Å². The molecule has 4 amide bonds. The molecule has 0 saturated carbocycles. The van der Waals surface area contributed by atoms with Gasteiger partial charge in [-0.15, -0.1) is 0 Å². The summed E-state index contributed by atoms with van der Waals surface area (Å²) in [5, 5.41) is 8.31. The third-order valence-corrected chi connectivity index (χ3v) is 8.03. The standard InChI is InChI=1S/C32H41N5O6/c1-19(2)25(26(39)29(42)34-15-21-11-13-22(14-12-21)27(33)40)36-28(41)20(3)35-17-32(18-38,31(4,5)6)37-16-23-9-7-8-10-24(23)30(37)43/h7-14,18-20,25,35H,15-17H2,1-6H3,(H2,33,40)(H,34,42)(H,36,41)/t20-,25-,32+/m0/s1. The number of hydrogen-bond acceptors (Lipinski definition) is 7. The zero-order valence-corrected chi connectivity index (χ0v) is 25.5. The number of nitrogens with zero attached hydrogens (tertiary/aromatic N) is 1. The molecule has 43 heavy (non-hydrogen) atoms. The predicted octanol–water partition coefficient (Wildman–Crippen LogP) is 1.73. The van der Waals surface area contributed by atoms with Gasteiger partial charge in [0.15, 0.2) is 0 Å². The first-order valence-corrected chi connectivity index (χ1v) is 14.2. The minimum absolute atomic E-state index is 0.0103. The molecule has 0 fully saturated rings. The van der Waals surface area contributed by atoms with Gasteiger partial charge in [-0.25, -0.2) is 0 Å². The molecular weight excluding hydrogens is 550 g/mol. The molecule has 0 spiro atoms. The first kappa shape index (κ1) is 33.1. The summed E-state index contributed by atoms with van der Waals surface area (Å²) in [6.07, 6.45) is 0.765. The summed E-state index contributed by atoms with van der Waals surface area (Å²) in [6, 6.07) is 11.5. The Morgan fingerprint density at radius 2 is 1.63 bits per heavy atom. The summed E-state index contributed by atoms with van der Waals surface area (Å²) >= 11 is 0. The SMILES string of the molecule is CC(C)[C@H](NC(=O)[C@H](C)NC[C@](C=O)(N1Cc2ccccc2C1=O)C(C)(C)C)C(=O)C(=O)NCc1ccc(C(N)=O)cc1. The van der Waals surface area contributed by atoms with Crippen LogP contribution in [-0.4, -0.2) is 64.8 Å². The smallest absolute Gasteiger partial charge is 0.289 e. The Balaban J connectivity index is 1.66. The fourth-order valence-electron chi connectivity index (χ4n) is 5.04. The molecule has 11 heteroatoms. The van der Waals surface area contributed by atoms with Gasteiger partial charge in [0.1, 0.15) is 11.8 Å². The van der Waals surface area contributed by atoms with Crippen LogP contribution in [0.5, 0.6) is 0 Å². The average molecular weight is 592 g/mol. The molecule has 2 aromatic carbocycles. The van der Waals surface area contributed by atoms with Crippen LogP contribution in [0.15, 0.2) is 48.5 Å². The quantitative estimate of drug-likeness (QED) is 0.203. The maximum Gasteiger partial charge on any atom is 0.289 e. The van der Waals surface area contributed by atoms with Gasteiger partial charge in [-0.1, -0.05) is 65.0 Å². The fraction of sp³-hybridized carbons (Fsp3) is 0.438. The van der Waals surface area contributed by atoms with Crippen LogP contribution >= 0.6 is 0 Å². The molecule has 3 atom stereocenters. The Hall–Kier alpha value is -4.38. The van der Waals surface area contributed by atoms with E-state index in [1.165, 1.54) is 12.1 Å². The summed E-state index contributed by atoms with van der Waals surface area (Å²) in [6.45, 7) is 10.9. The second-order valence-electron chi connectivity index (χ2n) is 12.3. The maximum atomic E-state index is 13.3. The third-order valence-electron chi connectivity index (χ3n) is 8.03. The highest BCUT2D eigenvalue weighted by atomic mass is 16.2. The molecule has 5 N–H and O–H groups in total. The number of nitrogens with one attached hydrogen (secondary N) is 3. The number of primary amides is 1. The molecule has 2 aromatic rings. The van der Waals surface area contributed by atoms with E-state index in [0.29, 0.717) is 16.7 Å². The van der Waals surface area contributed by atoms with Crippen molar-refractivity contribution in [2.45, 2.75) is 72.3 Å². The zero-order chi connectivity index (χ0) is 32.1. The Bertz CT molecular complexity index is 1400. The van der Waals surface area contributed by atoms with Gasteiger partial charge in [-0.2, -0.15) is 0 Å². The van der Waals surface area contributed by atoms with E-state index in [2.05, 4.69) is 16.0 Å². The first-order valence-electron chi connectivity index (χ1n) is 14.2. The van der Waals surface area contributed by atoms with Crippen LogP contribution in [0.25, 0.3) is 0 Å². The van der Waals surface area contributed by atoms with Crippen molar-refractivity contribution >= 4 is 35.7 Å². The van der Waals surface area contributed by atoms with Crippen molar-refractivity contribution in [3.8, 4) is 0 Å². The van der Waals surface area contributed by atoms with Gasteiger partial charge >= 0.3 is 0 Å². The van der Waals surface area contributed by atoms with Gasteiger partial charge in [-0.05, 0) is 47.6 Å². The molecule has 1 heterocycles. The van der Waals surface area contributed by atoms with Crippen molar-refractivity contribution < 1.29 is 28.8 Å². The average Bonchev–Trinajstić information content (AvgIpc) is 3.30. The molecule has 0 saturated heterocycles. The van der Waals surface area contributed by atoms with Crippen molar-refractivity contribution in [1.82, 2.24) is 20.9 Å². The minimum Gasteiger partial charge on any atom is -0.366 e. The van der Waals surface area contributed by atoms with E-state index >= 15 is 0 Å². The number of fused-ring (bicyclic) bond motifs is 1. The van der Waals surface area contributed by atoms with Gasteiger partial charge in [-0.3, -0.25) is 24.0 Å². The highest BCUT2D eigenvalue weighted by Crippen LogP contribution is 2.39. The molecule has 11 nitrogen and oxygen atoms in total. The topological polar surface area (TPSA) is 168 Å². The Kier molecular flexibility index (Phi) is 10.2. The molecular formula is C32H41N5O6. The molecule has 0 aromatic heterocycles. The van der Waals surface area contributed by atoms with Crippen molar-refractivity contribution in [3.05, 3.63) is 70.8 Å². The summed E-state index contributed by atoms with van der Waals surface area (Å²) in [7, 11) is 0. The molecule has 0 bridgehead atoms. The number of nitrogens with two attached hydrogens (primary N) is 1. The number of amides is 4. The Morgan fingerprint density at radius 1 is 1.00 bits per heavy atom. The van der Waals surface area contributed by atoms with E-state index in [4.69, 9.17) is 5.73 Å². The number of benzene rings is 2. The van der Waals surface area contributed by atoms with E-state index in [9.17, 15) is 28.8 Å². The predicted molar refractivity (Wildman–Crippen MR) is 161 cm³/mol. The van der Waals surface area contributed by atoms with Gasteiger partial charge in [0.05, 0.1) is 12.1 Å². The minimum atomic E-state index is -1.28. The zero-order valence-electron chi connectivity index (χ0n) is 25.5. The molecule has 0 aliphatic carbocycles. The van der Waals surface area contributed by atoms with E-state index in [1.807, 2.05) is 32.9 Å². The number of carbonyl (C=O) groups excluding carboxylic acids is 6. The number of Topliss-reactive ketones (excluding diaryl/α,β-unsaturated/α-hetero) is 1. The van der Waals surface area contributed by atoms with Gasteiger partial charge in [0.25, 0.3) is 11.8 Å². The van der Waals surface area contributed by atoms with Crippen molar-refractivity contribution in [2.24, 2.45) is 17.1 Å². The monoisotopic (exact) mass is 591 g/mol. The highest BCUT2D eigenvalue weighted by molar-refractivity contribution is 6.38. The lowest BCUT2D eigenvalue weighted by molar-refractivity contribution is -0.141. The van der Waals surface area contributed by atoms with Gasteiger partial charge < -0.3 is 31.4 Å². The van der Waals surface area contributed by atoms with E-state index in [0.717, 1.165) is 11.8 Å². The summed E-state index contributed by atoms with van der Waals surface area (Å²) in [4.78, 5) is 77.8. The normalized spacial score (nSPS) is 15.7. The van der Waals surface area contributed by atoms with E-state index in [1.54, 1.807) is 49.9 Å². The summed E-state index contributed by atoms with van der Waals surface area (Å²) < 4.78 is 0. The van der Waals surface area contributed by atoms with Crippen LogP contribution in [0.2, 0.25) is 0 Å². The van der Waals surface area contributed by atoms with E-state index < -0.39 is 52.5 Å². The molecule has 3 rings (SSSR count). The maximum absolute atomic E-state index is 13.3. The fourth-order valence-corrected chi connectivity index (χ4v) is 5.04. The third kappa shape index (κ3) is 7.16. The summed E-state index contributed by atoms with van der Waals surface area (Å²) in [5.74, 6) is -3.42. The molecule has 1 aliphatic rings. The molecule has 230 valence electrons. The molecule has 0 unspecified atom stereocenters. The summed E-state index contributed by atoms with van der Waals surface area (Å²) in [5.41, 5.74) is 5.62. The number of rotatable bonds is 13. The number of ketones is 1. The second kappa shape index (κ2) is 13.3. The van der Waals surface area contributed by atoms with Crippen LogP contribution in [0.3, 0.4) is 0 Å².